The molecule has 0 fully saturated rings. The molecule has 56 heavy (non-hydrogen) atoms. The normalized spacial score (nSPS) is 14.2. The van der Waals surface area contributed by atoms with Gasteiger partial charge in [-0.1, -0.05) is 172 Å². The van der Waals surface area contributed by atoms with Crippen molar-refractivity contribution in [2.75, 3.05) is 26.4 Å². The van der Waals surface area contributed by atoms with Crippen LogP contribution in [0.5, 0.6) is 0 Å². The highest BCUT2D eigenvalue weighted by Crippen LogP contribution is 2.43. The van der Waals surface area contributed by atoms with Gasteiger partial charge in [0.25, 0.3) is 0 Å². The first-order valence-electron chi connectivity index (χ1n) is 22.4. The zero-order chi connectivity index (χ0) is 41.2. The van der Waals surface area contributed by atoms with Crippen LogP contribution in [0.3, 0.4) is 0 Å². The lowest BCUT2D eigenvalue weighted by molar-refractivity contribution is -0.161. The fourth-order valence-corrected chi connectivity index (χ4v) is 6.85. The molecule has 3 N–H and O–H groups in total. The highest BCUT2D eigenvalue weighted by molar-refractivity contribution is 7.47. The van der Waals surface area contributed by atoms with E-state index < -0.39 is 51.8 Å². The molecule has 0 heterocycles. The Kier molecular flexibility index (Phi) is 40.0. The van der Waals surface area contributed by atoms with Crippen LogP contribution in [-0.4, -0.2) is 65.7 Å². The molecule has 328 valence electrons. The molecule has 0 aliphatic heterocycles. The van der Waals surface area contributed by atoms with Gasteiger partial charge < -0.3 is 24.6 Å². The van der Waals surface area contributed by atoms with Crippen LogP contribution in [0.4, 0.5) is 0 Å². The van der Waals surface area contributed by atoms with Gasteiger partial charge in [-0.3, -0.25) is 18.6 Å². The van der Waals surface area contributed by atoms with Gasteiger partial charge in [0.15, 0.2) is 6.10 Å². The van der Waals surface area contributed by atoms with Crippen LogP contribution in [0, 0.1) is 0 Å². The smallest absolute Gasteiger partial charge is 0.462 e. The predicted octanol–water partition coefficient (Wildman–Crippen LogP) is 11.9. The number of phosphoric acid groups is 1. The molecule has 10 nitrogen and oxygen atoms in total. The average Bonchev–Trinajstić information content (AvgIpc) is 3.19. The molecule has 0 bridgehead atoms. The molecule has 0 saturated heterocycles. The van der Waals surface area contributed by atoms with Crippen molar-refractivity contribution in [3.63, 3.8) is 0 Å². The van der Waals surface area contributed by atoms with Crippen LogP contribution < -0.4 is 0 Å². The van der Waals surface area contributed by atoms with Crippen molar-refractivity contribution in [3.05, 3.63) is 36.5 Å². The first-order chi connectivity index (χ1) is 27.2. The number of rotatable bonds is 42. The number of hydrogen-bond donors (Lipinski definition) is 3. The van der Waals surface area contributed by atoms with Gasteiger partial charge in [0, 0.05) is 12.8 Å². The Morgan fingerprint density at radius 2 is 0.929 bits per heavy atom. The first kappa shape index (κ1) is 54.2. The molecule has 1 unspecified atom stereocenters. The van der Waals surface area contributed by atoms with E-state index in [1.807, 2.05) is 0 Å². The minimum absolute atomic E-state index is 0.179. The fraction of sp³-hybridized carbons (Fsp3) is 0.822. The van der Waals surface area contributed by atoms with Crippen molar-refractivity contribution in [2.45, 2.75) is 212 Å². The number of carbonyl (C=O) groups is 2. The van der Waals surface area contributed by atoms with E-state index >= 15 is 0 Å². The van der Waals surface area contributed by atoms with Crippen molar-refractivity contribution < 1.29 is 47.8 Å². The van der Waals surface area contributed by atoms with E-state index in [0.29, 0.717) is 12.8 Å². The maximum atomic E-state index is 12.6. The summed E-state index contributed by atoms with van der Waals surface area (Å²) in [5, 5.41) is 18.3. The van der Waals surface area contributed by atoms with E-state index in [1.165, 1.54) is 109 Å². The summed E-state index contributed by atoms with van der Waals surface area (Å²) < 4.78 is 32.7. The van der Waals surface area contributed by atoms with Crippen LogP contribution in [0.1, 0.15) is 200 Å². The number of esters is 2. The highest BCUT2D eigenvalue weighted by atomic mass is 31.2. The minimum Gasteiger partial charge on any atom is -0.462 e. The summed E-state index contributed by atoms with van der Waals surface area (Å²) in [4.78, 5) is 35.0. The van der Waals surface area contributed by atoms with Crippen molar-refractivity contribution in [2.24, 2.45) is 0 Å². The third kappa shape index (κ3) is 40.4. The Labute approximate surface area is 341 Å². The maximum absolute atomic E-state index is 12.6. The predicted molar refractivity (Wildman–Crippen MR) is 228 cm³/mol. The number of ether oxygens (including phenoxy) is 2. The number of aliphatic hydroxyl groups excluding tert-OH is 2. The third-order valence-corrected chi connectivity index (χ3v) is 10.5. The summed E-state index contributed by atoms with van der Waals surface area (Å²) in [6.45, 7) is 2.33. The fourth-order valence-electron chi connectivity index (χ4n) is 6.06. The first-order valence-corrected chi connectivity index (χ1v) is 23.9. The van der Waals surface area contributed by atoms with E-state index in [1.54, 1.807) is 0 Å². The molecule has 0 amide bonds. The maximum Gasteiger partial charge on any atom is 0.472 e. The van der Waals surface area contributed by atoms with Gasteiger partial charge in [0.1, 0.15) is 12.7 Å². The van der Waals surface area contributed by atoms with Crippen molar-refractivity contribution in [1.29, 1.82) is 0 Å². The molecule has 0 aliphatic carbocycles. The van der Waals surface area contributed by atoms with Crippen molar-refractivity contribution >= 4 is 19.8 Å². The molecule has 0 rings (SSSR count). The lowest BCUT2D eigenvalue weighted by Crippen LogP contribution is -2.29. The van der Waals surface area contributed by atoms with E-state index in [9.17, 15) is 24.2 Å². The summed E-state index contributed by atoms with van der Waals surface area (Å²) in [6.07, 6.45) is 42.5. The molecule has 0 aromatic rings. The lowest BCUT2D eigenvalue weighted by atomic mass is 10.0. The second kappa shape index (κ2) is 41.4. The van der Waals surface area contributed by atoms with E-state index in [2.05, 4.69) is 54.8 Å². The number of hydrogen-bond acceptors (Lipinski definition) is 9. The number of aliphatic hydroxyl groups is 2. The molecule has 0 radical (unpaired) electrons. The second-order valence-electron chi connectivity index (χ2n) is 15.1. The molecular formula is C45H83O10P. The molecule has 0 aliphatic rings. The number of unbranched alkanes of at least 4 members (excludes halogenated alkanes) is 22. The van der Waals surface area contributed by atoms with Crippen LogP contribution in [0.25, 0.3) is 0 Å². The van der Waals surface area contributed by atoms with Gasteiger partial charge >= 0.3 is 19.8 Å². The molecule has 3 atom stereocenters. The van der Waals surface area contributed by atoms with Gasteiger partial charge in [0.05, 0.1) is 19.8 Å². The molecule has 0 aromatic carbocycles. The Morgan fingerprint density at radius 3 is 1.43 bits per heavy atom. The molecule has 0 spiro atoms. The largest absolute Gasteiger partial charge is 0.472 e. The zero-order valence-corrected chi connectivity index (χ0v) is 36.5. The number of phosphoric ester groups is 1. The summed E-state index contributed by atoms with van der Waals surface area (Å²) in [5.41, 5.74) is 0. The molecular weight excluding hydrogens is 731 g/mol. The number of allylic oxidation sites excluding steroid dienone is 6. The zero-order valence-electron chi connectivity index (χ0n) is 35.6. The van der Waals surface area contributed by atoms with Crippen LogP contribution >= 0.6 is 7.82 Å². The Hall–Kier alpha value is -1.81. The Morgan fingerprint density at radius 1 is 0.536 bits per heavy atom. The van der Waals surface area contributed by atoms with Gasteiger partial charge in [0.2, 0.25) is 0 Å². The third-order valence-electron chi connectivity index (χ3n) is 9.55. The Balaban J connectivity index is 4.30. The quantitative estimate of drug-likeness (QED) is 0.0235. The topological polar surface area (TPSA) is 149 Å². The van der Waals surface area contributed by atoms with E-state index in [-0.39, 0.29) is 19.4 Å². The van der Waals surface area contributed by atoms with Crippen LogP contribution in [-0.2, 0) is 32.7 Å². The number of carbonyl (C=O) groups excluding carboxylic acids is 2. The second-order valence-corrected chi connectivity index (χ2v) is 16.5. The minimum atomic E-state index is -4.62. The Bertz CT molecular complexity index is 1030. The molecule has 0 saturated carbocycles. The van der Waals surface area contributed by atoms with E-state index in [0.717, 1.165) is 51.4 Å². The van der Waals surface area contributed by atoms with Gasteiger partial charge in [-0.25, -0.2) is 4.57 Å². The summed E-state index contributed by atoms with van der Waals surface area (Å²) >= 11 is 0. The molecule has 11 heteroatoms. The van der Waals surface area contributed by atoms with Gasteiger partial charge in [-0.2, -0.15) is 0 Å². The van der Waals surface area contributed by atoms with Gasteiger partial charge in [-0.05, 0) is 51.4 Å². The highest BCUT2D eigenvalue weighted by Gasteiger charge is 2.27. The molecule has 0 aromatic heterocycles. The standard InChI is InChI=1S/C45H83O10P/c1-3-5-7-9-11-13-15-17-19-20-21-23-25-27-29-31-33-35-37-45(49)55-43(41-54-56(50,51)53-39-42(47)38-46)40-52-44(48)36-34-32-30-28-26-24-22-18-16-14-12-10-8-6-4-2/h12,14,18,22,26,28,42-43,46-47H,3-11,13,15-17,19-21,23-25,27,29-41H2,1-2H3,(H,50,51)/b14-12-,22-18-,28-26-/t42-,43+/m0/s1. The van der Waals surface area contributed by atoms with E-state index in [4.69, 9.17) is 19.1 Å². The average molecular weight is 815 g/mol. The summed E-state index contributed by atoms with van der Waals surface area (Å²) in [7, 11) is -4.62. The SMILES string of the molecule is CCCCC/C=C\C/C=C\C/C=C\CCCCC(=O)OC[C@H](COP(=O)(O)OC[C@@H](O)CO)OC(=O)CCCCCCCCCCCCCCCCCCCC. The van der Waals surface area contributed by atoms with Crippen molar-refractivity contribution in [3.8, 4) is 0 Å². The van der Waals surface area contributed by atoms with Crippen LogP contribution in [0.15, 0.2) is 36.5 Å². The lowest BCUT2D eigenvalue weighted by Gasteiger charge is -2.20. The summed E-state index contributed by atoms with van der Waals surface area (Å²) in [5.74, 6) is -0.963. The van der Waals surface area contributed by atoms with Crippen LogP contribution in [0.2, 0.25) is 0 Å². The van der Waals surface area contributed by atoms with Crippen molar-refractivity contribution in [1.82, 2.24) is 0 Å². The monoisotopic (exact) mass is 815 g/mol. The van der Waals surface area contributed by atoms with Gasteiger partial charge in [-0.15, -0.1) is 0 Å². The summed E-state index contributed by atoms with van der Waals surface area (Å²) in [6, 6.07) is 0.